The smallest absolute Gasteiger partial charge is 0.218 e. The summed E-state index contributed by atoms with van der Waals surface area (Å²) in [5.74, 6) is 1.01. The Morgan fingerprint density at radius 3 is 2.76 bits per heavy atom. The number of nitrogens with zero attached hydrogens (tertiary/aromatic N) is 6. The molecule has 33 heavy (non-hydrogen) atoms. The van der Waals surface area contributed by atoms with Crippen molar-refractivity contribution in [2.24, 2.45) is 5.73 Å². The molecule has 0 spiro atoms. The zero-order valence-electron chi connectivity index (χ0n) is 18.4. The quantitative estimate of drug-likeness (QED) is 0.389. The molecular weight excluding hydrogens is 425 g/mol. The van der Waals surface area contributed by atoms with Crippen LogP contribution in [-0.2, 0) is 11.2 Å². The van der Waals surface area contributed by atoms with E-state index in [1.807, 2.05) is 11.8 Å². The van der Waals surface area contributed by atoms with Crippen LogP contribution >= 0.6 is 0 Å². The van der Waals surface area contributed by atoms with Gasteiger partial charge in [0, 0.05) is 55.7 Å². The van der Waals surface area contributed by atoms with E-state index < -0.39 is 5.95 Å². The van der Waals surface area contributed by atoms with Gasteiger partial charge in [-0.15, -0.1) is 0 Å². The molecule has 4 rings (SSSR count). The summed E-state index contributed by atoms with van der Waals surface area (Å²) in [7, 11) is 0. The normalized spacial score (nSPS) is 15.2. The molecule has 1 atom stereocenters. The molecule has 9 nitrogen and oxygen atoms in total. The van der Waals surface area contributed by atoms with Gasteiger partial charge in [-0.05, 0) is 32.3 Å². The Labute approximate surface area is 191 Å². The maximum absolute atomic E-state index is 14.3. The lowest BCUT2D eigenvalue weighted by molar-refractivity contribution is -0.118. The van der Waals surface area contributed by atoms with Crippen molar-refractivity contribution in [3.8, 4) is 17.4 Å². The van der Waals surface area contributed by atoms with Gasteiger partial charge in [0.05, 0.1) is 18.3 Å². The van der Waals surface area contributed by atoms with Crippen LogP contribution in [0.1, 0.15) is 49.9 Å². The summed E-state index contributed by atoms with van der Waals surface area (Å²) in [5.41, 5.74) is 7.03. The van der Waals surface area contributed by atoms with Gasteiger partial charge in [-0.1, -0.05) is 0 Å². The van der Waals surface area contributed by atoms with Crippen molar-refractivity contribution in [1.29, 1.82) is 0 Å². The molecule has 4 heterocycles. The number of pyridine rings is 1. The van der Waals surface area contributed by atoms with Crippen LogP contribution in [0.15, 0.2) is 36.8 Å². The van der Waals surface area contributed by atoms with Gasteiger partial charge < -0.3 is 15.4 Å². The van der Waals surface area contributed by atoms with Crippen molar-refractivity contribution in [1.82, 2.24) is 24.9 Å². The van der Waals surface area contributed by atoms with Crippen LogP contribution < -0.4 is 15.4 Å². The van der Waals surface area contributed by atoms with Gasteiger partial charge in [0.15, 0.2) is 11.6 Å². The summed E-state index contributed by atoms with van der Waals surface area (Å²) in [5, 5.41) is 0. The predicted octanol–water partition coefficient (Wildman–Crippen LogP) is 3.02. The highest BCUT2D eigenvalue weighted by Crippen LogP contribution is 2.33. The van der Waals surface area contributed by atoms with Gasteiger partial charge in [-0.3, -0.25) is 4.79 Å². The molecule has 0 fully saturated rings. The first kappa shape index (κ1) is 22.5. The molecule has 1 aliphatic rings. The van der Waals surface area contributed by atoms with Gasteiger partial charge in [0.1, 0.15) is 11.6 Å². The monoisotopic (exact) mass is 451 g/mol. The molecule has 2 N–H and O–H groups in total. The molecule has 0 aromatic carbocycles. The van der Waals surface area contributed by atoms with Crippen LogP contribution in [0.4, 0.5) is 10.2 Å². The van der Waals surface area contributed by atoms with E-state index in [1.165, 1.54) is 6.07 Å². The lowest BCUT2D eigenvalue weighted by Crippen LogP contribution is -2.35. The summed E-state index contributed by atoms with van der Waals surface area (Å²) in [6, 6.07) is 4.69. The minimum atomic E-state index is -0.595. The van der Waals surface area contributed by atoms with Crippen LogP contribution in [-0.4, -0.2) is 44.0 Å². The molecule has 172 valence electrons. The number of halogens is 1. The fourth-order valence-corrected chi connectivity index (χ4v) is 3.86. The van der Waals surface area contributed by atoms with Gasteiger partial charge in [0.25, 0.3) is 0 Å². The molecule has 0 radical (unpaired) electrons. The van der Waals surface area contributed by atoms with Crippen LogP contribution in [0.3, 0.4) is 0 Å². The number of hydrogen-bond donors (Lipinski definition) is 1. The molecule has 1 amide bonds. The highest BCUT2D eigenvalue weighted by molar-refractivity contribution is 5.73. The maximum atomic E-state index is 14.3. The number of primary amides is 1. The molecule has 0 aliphatic carbocycles. The van der Waals surface area contributed by atoms with Gasteiger partial charge >= 0.3 is 0 Å². The van der Waals surface area contributed by atoms with Crippen LogP contribution in [0.2, 0.25) is 0 Å². The van der Waals surface area contributed by atoms with E-state index in [4.69, 9.17) is 10.5 Å². The summed E-state index contributed by atoms with van der Waals surface area (Å²) in [6.45, 7) is 3.08. The van der Waals surface area contributed by atoms with Crippen LogP contribution in [0, 0.1) is 5.95 Å². The number of nitrogens with two attached hydrogens (primary N) is 1. The highest BCUT2D eigenvalue weighted by atomic mass is 19.1. The topological polar surface area (TPSA) is 120 Å². The lowest BCUT2D eigenvalue weighted by Gasteiger charge is -2.35. The summed E-state index contributed by atoms with van der Waals surface area (Å²) >= 11 is 0. The maximum Gasteiger partial charge on any atom is 0.218 e. The van der Waals surface area contributed by atoms with Crippen LogP contribution in [0.5, 0.6) is 5.75 Å². The molecular formula is C23H26FN7O2. The first-order valence-corrected chi connectivity index (χ1v) is 11.0. The number of ether oxygens (including phenoxy) is 1. The SMILES string of the molecule is CC1c2cnc(-c3ncccn3)nc2CCN1c1cc(OCCCCCC(N)=O)cc(F)n1. The summed E-state index contributed by atoms with van der Waals surface area (Å²) < 4.78 is 20.0. The Hall–Kier alpha value is -3.69. The van der Waals surface area contributed by atoms with E-state index in [0.29, 0.717) is 49.2 Å². The molecule has 0 saturated heterocycles. The average molecular weight is 452 g/mol. The molecule has 1 unspecified atom stereocenters. The van der Waals surface area contributed by atoms with Crippen molar-refractivity contribution in [2.45, 2.75) is 45.1 Å². The van der Waals surface area contributed by atoms with Gasteiger partial charge in [-0.25, -0.2) is 24.9 Å². The number of rotatable bonds is 9. The van der Waals surface area contributed by atoms with Gasteiger partial charge in [-0.2, -0.15) is 4.39 Å². The Balaban J connectivity index is 1.44. The molecule has 0 saturated carbocycles. The summed E-state index contributed by atoms with van der Waals surface area (Å²) in [4.78, 5) is 34.4. The molecule has 0 bridgehead atoms. The fourth-order valence-electron chi connectivity index (χ4n) is 3.86. The third-order valence-corrected chi connectivity index (χ3v) is 5.56. The third-order valence-electron chi connectivity index (χ3n) is 5.56. The zero-order valence-corrected chi connectivity index (χ0v) is 18.4. The van der Waals surface area contributed by atoms with Crippen molar-refractivity contribution in [3.63, 3.8) is 0 Å². The number of fused-ring (bicyclic) bond motifs is 1. The molecule has 1 aliphatic heterocycles. The minimum Gasteiger partial charge on any atom is -0.493 e. The number of hydrogen-bond acceptors (Lipinski definition) is 8. The Bertz CT molecular complexity index is 1110. The first-order valence-electron chi connectivity index (χ1n) is 11.0. The number of anilines is 1. The second kappa shape index (κ2) is 10.3. The number of carbonyl (C=O) groups excluding carboxylic acids is 1. The first-order chi connectivity index (χ1) is 16.0. The largest absolute Gasteiger partial charge is 0.493 e. The minimum absolute atomic E-state index is 0.0876. The molecule has 10 heteroatoms. The van der Waals surface area contributed by atoms with E-state index >= 15 is 0 Å². The Morgan fingerprint density at radius 1 is 1.15 bits per heavy atom. The Kier molecular flexibility index (Phi) is 7.01. The number of unbranched alkanes of at least 4 members (excludes halogenated alkanes) is 2. The highest BCUT2D eigenvalue weighted by Gasteiger charge is 2.27. The second-order valence-corrected chi connectivity index (χ2v) is 7.90. The molecule has 3 aromatic rings. The third kappa shape index (κ3) is 5.57. The number of amides is 1. The van der Waals surface area contributed by atoms with E-state index in [2.05, 4.69) is 24.9 Å². The molecule has 3 aromatic heterocycles. The van der Waals surface area contributed by atoms with E-state index in [1.54, 1.807) is 30.7 Å². The number of carbonyl (C=O) groups is 1. The average Bonchev–Trinajstić information content (AvgIpc) is 2.81. The standard InChI is InChI=1S/C23H26FN7O2/c1-15-17-14-28-23(22-26-8-5-9-27-22)29-18(17)7-10-31(15)21-13-16(12-19(24)30-21)33-11-4-2-3-6-20(25)32/h5,8-9,12-15H,2-4,6-7,10-11H2,1H3,(H2,25,32). The van der Waals surface area contributed by atoms with Crippen molar-refractivity contribution in [2.75, 3.05) is 18.1 Å². The van der Waals surface area contributed by atoms with Gasteiger partial charge in [0.2, 0.25) is 11.9 Å². The summed E-state index contributed by atoms with van der Waals surface area (Å²) in [6.07, 6.45) is 8.43. The van der Waals surface area contributed by atoms with E-state index in [0.717, 1.165) is 30.5 Å². The fraction of sp³-hybridized carbons (Fsp3) is 0.391. The van der Waals surface area contributed by atoms with Crippen molar-refractivity contribution < 1.29 is 13.9 Å². The van der Waals surface area contributed by atoms with Crippen molar-refractivity contribution in [3.05, 3.63) is 54.0 Å². The van der Waals surface area contributed by atoms with Crippen LogP contribution in [0.25, 0.3) is 11.6 Å². The van der Waals surface area contributed by atoms with E-state index in [-0.39, 0.29) is 11.9 Å². The van der Waals surface area contributed by atoms with Crippen molar-refractivity contribution >= 4 is 11.7 Å². The lowest BCUT2D eigenvalue weighted by atomic mass is 9.99. The number of aromatic nitrogens is 5. The van der Waals surface area contributed by atoms with E-state index in [9.17, 15) is 9.18 Å². The second-order valence-electron chi connectivity index (χ2n) is 7.90. The zero-order chi connectivity index (χ0) is 23.2. The predicted molar refractivity (Wildman–Crippen MR) is 120 cm³/mol. The Morgan fingerprint density at radius 2 is 1.97 bits per heavy atom.